The molecule has 4 heteroatoms. The Balaban J connectivity index is 2.45. The molecular formula is C13H22N2O2. The third-order valence-electron chi connectivity index (χ3n) is 3.40. The van der Waals surface area contributed by atoms with E-state index in [4.69, 9.17) is 6.42 Å². The van der Waals surface area contributed by atoms with Crippen LogP contribution in [0.25, 0.3) is 0 Å². The summed E-state index contributed by atoms with van der Waals surface area (Å²) < 4.78 is 0. The first-order chi connectivity index (χ1) is 8.05. The summed E-state index contributed by atoms with van der Waals surface area (Å²) in [5, 5.41) is 15.1. The van der Waals surface area contributed by atoms with Crippen molar-refractivity contribution in [2.45, 2.75) is 51.1 Å². The fourth-order valence-corrected chi connectivity index (χ4v) is 1.91. The fourth-order valence-electron chi connectivity index (χ4n) is 1.91. The van der Waals surface area contributed by atoms with Crippen LogP contribution >= 0.6 is 0 Å². The molecule has 1 aliphatic carbocycles. The summed E-state index contributed by atoms with van der Waals surface area (Å²) in [5.74, 6) is 2.94. The lowest BCUT2D eigenvalue weighted by atomic mass is 9.97. The van der Waals surface area contributed by atoms with Gasteiger partial charge >= 0.3 is 6.03 Å². The number of hydrogen-bond acceptors (Lipinski definition) is 2. The first-order valence-electron chi connectivity index (χ1n) is 6.18. The number of amides is 2. The van der Waals surface area contributed by atoms with Crippen LogP contribution in [0.2, 0.25) is 0 Å². The quantitative estimate of drug-likeness (QED) is 0.610. The number of carbonyl (C=O) groups is 1. The minimum Gasteiger partial charge on any atom is -0.394 e. The van der Waals surface area contributed by atoms with E-state index in [0.717, 1.165) is 19.3 Å². The second-order valence-electron chi connectivity index (χ2n) is 4.96. The van der Waals surface area contributed by atoms with E-state index >= 15 is 0 Å². The van der Waals surface area contributed by atoms with Gasteiger partial charge in [-0.15, -0.1) is 12.3 Å². The number of aliphatic hydroxyl groups is 1. The molecule has 2 amide bonds. The van der Waals surface area contributed by atoms with Gasteiger partial charge in [0.15, 0.2) is 0 Å². The summed E-state index contributed by atoms with van der Waals surface area (Å²) >= 11 is 0. The first kappa shape index (κ1) is 13.9. The molecule has 0 radical (unpaired) electrons. The molecule has 0 unspecified atom stereocenters. The molecule has 0 spiro atoms. The SMILES string of the molecule is C#CC[C@H](CC)NC(=O)N[C@@](C)(CO)C1CC1. The Morgan fingerprint density at radius 3 is 2.71 bits per heavy atom. The zero-order chi connectivity index (χ0) is 12.9. The van der Waals surface area contributed by atoms with Crippen LogP contribution in [0.15, 0.2) is 0 Å². The summed E-state index contributed by atoms with van der Waals surface area (Å²) in [5.41, 5.74) is -0.501. The van der Waals surface area contributed by atoms with Gasteiger partial charge in [0.25, 0.3) is 0 Å². The molecular weight excluding hydrogens is 216 g/mol. The maximum Gasteiger partial charge on any atom is 0.315 e. The third-order valence-corrected chi connectivity index (χ3v) is 3.40. The molecule has 17 heavy (non-hydrogen) atoms. The molecule has 1 rings (SSSR count). The second-order valence-corrected chi connectivity index (χ2v) is 4.96. The smallest absolute Gasteiger partial charge is 0.315 e. The highest BCUT2D eigenvalue weighted by Gasteiger charge is 2.42. The van der Waals surface area contributed by atoms with E-state index in [1.165, 1.54) is 0 Å². The number of carbonyl (C=O) groups excluding carboxylic acids is 1. The molecule has 96 valence electrons. The van der Waals surface area contributed by atoms with Crippen LogP contribution < -0.4 is 10.6 Å². The van der Waals surface area contributed by atoms with Crippen LogP contribution in [-0.2, 0) is 0 Å². The Labute approximate surface area is 103 Å². The molecule has 0 aromatic rings. The van der Waals surface area contributed by atoms with E-state index in [2.05, 4.69) is 16.6 Å². The third kappa shape index (κ3) is 3.94. The van der Waals surface area contributed by atoms with Gasteiger partial charge in [0.05, 0.1) is 12.1 Å². The molecule has 1 fully saturated rings. The van der Waals surface area contributed by atoms with Crippen LogP contribution in [0, 0.1) is 18.3 Å². The van der Waals surface area contributed by atoms with E-state index in [9.17, 15) is 9.90 Å². The van der Waals surface area contributed by atoms with Gasteiger partial charge in [0, 0.05) is 12.5 Å². The standard InChI is InChI=1S/C13H22N2O2/c1-4-6-11(5-2)14-12(17)15-13(3,9-16)10-7-8-10/h1,10-11,16H,5-9H2,2-3H3,(H2,14,15,17)/t11-,13-/m0/s1. The van der Waals surface area contributed by atoms with Gasteiger partial charge in [-0.3, -0.25) is 0 Å². The lowest BCUT2D eigenvalue weighted by Crippen LogP contribution is -2.55. The number of terminal acetylenes is 1. The second kappa shape index (κ2) is 5.92. The normalized spacial score (nSPS) is 19.9. The first-order valence-corrected chi connectivity index (χ1v) is 6.18. The van der Waals surface area contributed by atoms with E-state index < -0.39 is 5.54 Å². The number of urea groups is 1. The van der Waals surface area contributed by atoms with Gasteiger partial charge < -0.3 is 15.7 Å². The predicted molar refractivity (Wildman–Crippen MR) is 67.4 cm³/mol. The Bertz CT molecular complexity index is 307. The van der Waals surface area contributed by atoms with Gasteiger partial charge in [-0.25, -0.2) is 4.79 Å². The van der Waals surface area contributed by atoms with Crippen LogP contribution in [0.4, 0.5) is 4.79 Å². The van der Waals surface area contributed by atoms with Crippen molar-refractivity contribution in [2.24, 2.45) is 5.92 Å². The van der Waals surface area contributed by atoms with E-state index in [1.54, 1.807) is 0 Å². The van der Waals surface area contributed by atoms with Crippen LogP contribution in [-0.4, -0.2) is 29.3 Å². The summed E-state index contributed by atoms with van der Waals surface area (Å²) in [6.45, 7) is 3.83. The summed E-state index contributed by atoms with van der Waals surface area (Å²) in [4.78, 5) is 11.8. The topological polar surface area (TPSA) is 61.4 Å². The molecule has 0 aliphatic heterocycles. The molecule has 0 heterocycles. The average molecular weight is 238 g/mol. The number of nitrogens with one attached hydrogen (secondary N) is 2. The molecule has 2 atom stereocenters. The number of rotatable bonds is 6. The van der Waals surface area contributed by atoms with Crippen molar-refractivity contribution in [3.63, 3.8) is 0 Å². The predicted octanol–water partition coefficient (Wildman–Crippen LogP) is 1.25. The number of aliphatic hydroxyl groups excluding tert-OH is 1. The lowest BCUT2D eigenvalue weighted by Gasteiger charge is -2.29. The van der Waals surface area contributed by atoms with Gasteiger partial charge in [0.2, 0.25) is 0 Å². The molecule has 0 bridgehead atoms. The van der Waals surface area contributed by atoms with Crippen LogP contribution in [0.5, 0.6) is 0 Å². The lowest BCUT2D eigenvalue weighted by molar-refractivity contribution is 0.154. The summed E-state index contributed by atoms with van der Waals surface area (Å²) in [7, 11) is 0. The van der Waals surface area contributed by atoms with Gasteiger partial charge in [-0.2, -0.15) is 0 Å². The zero-order valence-corrected chi connectivity index (χ0v) is 10.6. The van der Waals surface area contributed by atoms with Crippen molar-refractivity contribution >= 4 is 6.03 Å². The average Bonchev–Trinajstić information content (AvgIpc) is 3.12. The maximum absolute atomic E-state index is 11.8. The van der Waals surface area contributed by atoms with Crippen molar-refractivity contribution in [1.82, 2.24) is 10.6 Å². The molecule has 1 aliphatic rings. The summed E-state index contributed by atoms with van der Waals surface area (Å²) in [6, 6.07) is -0.238. The Morgan fingerprint density at radius 2 is 2.29 bits per heavy atom. The highest BCUT2D eigenvalue weighted by Crippen LogP contribution is 2.39. The van der Waals surface area contributed by atoms with Crippen molar-refractivity contribution in [1.29, 1.82) is 0 Å². The Hall–Kier alpha value is -1.21. The van der Waals surface area contributed by atoms with Gasteiger partial charge in [-0.05, 0) is 32.1 Å². The van der Waals surface area contributed by atoms with Crippen molar-refractivity contribution < 1.29 is 9.90 Å². The van der Waals surface area contributed by atoms with Crippen molar-refractivity contribution in [3.8, 4) is 12.3 Å². The zero-order valence-electron chi connectivity index (χ0n) is 10.6. The van der Waals surface area contributed by atoms with Crippen LogP contribution in [0.3, 0.4) is 0 Å². The summed E-state index contributed by atoms with van der Waals surface area (Å²) in [6.07, 6.45) is 8.70. The highest BCUT2D eigenvalue weighted by molar-refractivity contribution is 5.75. The minimum atomic E-state index is -0.501. The molecule has 4 nitrogen and oxygen atoms in total. The number of hydrogen-bond donors (Lipinski definition) is 3. The molecule has 0 aromatic heterocycles. The molecule has 1 saturated carbocycles. The van der Waals surface area contributed by atoms with Gasteiger partial charge in [0.1, 0.15) is 0 Å². The largest absolute Gasteiger partial charge is 0.394 e. The molecule has 3 N–H and O–H groups in total. The van der Waals surface area contributed by atoms with Crippen molar-refractivity contribution in [3.05, 3.63) is 0 Å². The molecule has 0 aromatic carbocycles. The van der Waals surface area contributed by atoms with Crippen LogP contribution in [0.1, 0.15) is 39.5 Å². The van der Waals surface area contributed by atoms with E-state index in [-0.39, 0.29) is 18.7 Å². The van der Waals surface area contributed by atoms with Gasteiger partial charge in [-0.1, -0.05) is 6.92 Å². The van der Waals surface area contributed by atoms with E-state index in [0.29, 0.717) is 12.3 Å². The minimum absolute atomic E-state index is 0.00199. The Kier molecular flexibility index (Phi) is 4.83. The van der Waals surface area contributed by atoms with E-state index in [1.807, 2.05) is 13.8 Å². The maximum atomic E-state index is 11.8. The fraction of sp³-hybridized carbons (Fsp3) is 0.769. The van der Waals surface area contributed by atoms with Crippen molar-refractivity contribution in [2.75, 3.05) is 6.61 Å². The monoisotopic (exact) mass is 238 g/mol. The highest BCUT2D eigenvalue weighted by atomic mass is 16.3. The Morgan fingerprint density at radius 1 is 1.65 bits per heavy atom. The molecule has 0 saturated heterocycles.